The monoisotopic (exact) mass is 310 g/mol. The first kappa shape index (κ1) is 21.1. The summed E-state index contributed by atoms with van der Waals surface area (Å²) in [5, 5.41) is 0. The summed E-state index contributed by atoms with van der Waals surface area (Å²) in [6, 6.07) is 0. The number of ether oxygens (including phenoxy) is 2. The Balaban J connectivity index is 3.95. The van der Waals surface area contributed by atoms with E-state index in [9.17, 15) is 0 Å². The van der Waals surface area contributed by atoms with Crippen molar-refractivity contribution in [3.8, 4) is 0 Å². The SMILES string of the molecule is CCCCC(=COCC(C)COC=C(CC)CCCC)CC. The van der Waals surface area contributed by atoms with E-state index in [2.05, 4.69) is 34.6 Å². The molecule has 0 spiro atoms. The van der Waals surface area contributed by atoms with Gasteiger partial charge in [0.1, 0.15) is 0 Å². The molecule has 0 N–H and O–H groups in total. The lowest BCUT2D eigenvalue weighted by atomic mass is 10.1. The third kappa shape index (κ3) is 11.7. The van der Waals surface area contributed by atoms with Crippen LogP contribution in [-0.4, -0.2) is 13.2 Å². The summed E-state index contributed by atoms with van der Waals surface area (Å²) in [6.45, 7) is 12.5. The van der Waals surface area contributed by atoms with Gasteiger partial charge in [0.25, 0.3) is 0 Å². The maximum Gasteiger partial charge on any atom is 0.0931 e. The summed E-state index contributed by atoms with van der Waals surface area (Å²) >= 11 is 0. The number of hydrogen-bond acceptors (Lipinski definition) is 2. The number of hydrogen-bond donors (Lipinski definition) is 0. The standard InChI is InChI=1S/C20H38O2/c1-6-10-12-19(8-3)16-21-14-18(5)15-22-17-20(9-4)13-11-7-2/h16-18H,6-15H2,1-5H3. The molecule has 130 valence electrons. The van der Waals surface area contributed by atoms with Crippen molar-refractivity contribution in [1.29, 1.82) is 0 Å². The lowest BCUT2D eigenvalue weighted by Gasteiger charge is -2.13. The molecule has 0 rings (SSSR count). The van der Waals surface area contributed by atoms with Crippen LogP contribution < -0.4 is 0 Å². The van der Waals surface area contributed by atoms with Gasteiger partial charge in [-0.2, -0.15) is 0 Å². The summed E-state index contributed by atoms with van der Waals surface area (Å²) in [5.74, 6) is 0.418. The van der Waals surface area contributed by atoms with E-state index in [4.69, 9.17) is 9.47 Å². The Morgan fingerprint density at radius 3 is 1.50 bits per heavy atom. The van der Waals surface area contributed by atoms with Gasteiger partial charge in [0.15, 0.2) is 0 Å². The fourth-order valence-corrected chi connectivity index (χ4v) is 2.15. The van der Waals surface area contributed by atoms with Crippen LogP contribution in [0.4, 0.5) is 0 Å². The maximum absolute atomic E-state index is 5.73. The minimum Gasteiger partial charge on any atom is -0.501 e. The van der Waals surface area contributed by atoms with E-state index >= 15 is 0 Å². The van der Waals surface area contributed by atoms with E-state index < -0.39 is 0 Å². The van der Waals surface area contributed by atoms with Crippen LogP contribution in [0.25, 0.3) is 0 Å². The van der Waals surface area contributed by atoms with Crippen LogP contribution in [0.15, 0.2) is 23.7 Å². The molecule has 22 heavy (non-hydrogen) atoms. The van der Waals surface area contributed by atoms with E-state index in [1.807, 2.05) is 12.5 Å². The van der Waals surface area contributed by atoms with Gasteiger partial charge in [0.05, 0.1) is 25.7 Å². The van der Waals surface area contributed by atoms with Gasteiger partial charge in [0, 0.05) is 5.92 Å². The zero-order chi connectivity index (χ0) is 16.6. The average Bonchev–Trinajstić information content (AvgIpc) is 2.53. The molecule has 0 aliphatic carbocycles. The first-order valence-electron chi connectivity index (χ1n) is 9.26. The molecule has 0 aliphatic rings. The molecule has 2 nitrogen and oxygen atoms in total. The average molecular weight is 311 g/mol. The van der Waals surface area contributed by atoms with Crippen molar-refractivity contribution in [3.63, 3.8) is 0 Å². The third-order valence-electron chi connectivity index (χ3n) is 3.87. The molecule has 0 saturated heterocycles. The lowest BCUT2D eigenvalue weighted by Crippen LogP contribution is -2.10. The van der Waals surface area contributed by atoms with Gasteiger partial charge >= 0.3 is 0 Å². The Kier molecular flexibility index (Phi) is 14.4. The Morgan fingerprint density at radius 2 is 1.18 bits per heavy atom. The Bertz CT molecular complexity index is 275. The quantitative estimate of drug-likeness (QED) is 0.335. The molecule has 0 aliphatic heterocycles. The highest BCUT2D eigenvalue weighted by atomic mass is 16.5. The molecule has 0 amide bonds. The molecule has 0 heterocycles. The highest BCUT2D eigenvalue weighted by Gasteiger charge is 2.03. The van der Waals surface area contributed by atoms with Crippen molar-refractivity contribution in [1.82, 2.24) is 0 Å². The summed E-state index contributed by atoms with van der Waals surface area (Å²) in [4.78, 5) is 0. The molecule has 0 bridgehead atoms. The molecular formula is C20H38O2. The summed E-state index contributed by atoms with van der Waals surface area (Å²) < 4.78 is 11.5. The fourth-order valence-electron chi connectivity index (χ4n) is 2.15. The Hall–Kier alpha value is -0.920. The largest absolute Gasteiger partial charge is 0.501 e. The molecule has 2 heteroatoms. The van der Waals surface area contributed by atoms with E-state index in [0.717, 1.165) is 38.9 Å². The smallest absolute Gasteiger partial charge is 0.0931 e. The summed E-state index contributed by atoms with van der Waals surface area (Å²) in [7, 11) is 0. The minimum atomic E-state index is 0.418. The van der Waals surface area contributed by atoms with Gasteiger partial charge in [0.2, 0.25) is 0 Å². The van der Waals surface area contributed by atoms with E-state index in [0.29, 0.717) is 5.92 Å². The zero-order valence-corrected chi connectivity index (χ0v) is 15.6. The lowest BCUT2D eigenvalue weighted by molar-refractivity contribution is 0.130. The second-order valence-electron chi connectivity index (χ2n) is 6.24. The highest BCUT2D eigenvalue weighted by Crippen LogP contribution is 2.13. The molecule has 0 radical (unpaired) electrons. The number of unbranched alkanes of at least 4 members (excludes halogenated alkanes) is 2. The number of allylic oxidation sites excluding steroid dienone is 2. The van der Waals surface area contributed by atoms with Crippen molar-refractivity contribution in [3.05, 3.63) is 23.7 Å². The van der Waals surface area contributed by atoms with Gasteiger partial charge in [-0.1, -0.05) is 47.5 Å². The first-order chi connectivity index (χ1) is 10.7. The van der Waals surface area contributed by atoms with Crippen LogP contribution in [0.1, 0.15) is 86.0 Å². The predicted octanol–water partition coefficient (Wildman–Crippen LogP) is 6.62. The minimum absolute atomic E-state index is 0.418. The second kappa shape index (κ2) is 15.0. The van der Waals surface area contributed by atoms with Gasteiger partial charge in [-0.15, -0.1) is 0 Å². The maximum atomic E-state index is 5.73. The normalized spacial score (nSPS) is 14.0. The summed E-state index contributed by atoms with van der Waals surface area (Å²) in [5.41, 5.74) is 2.84. The second-order valence-corrected chi connectivity index (χ2v) is 6.24. The molecule has 0 saturated carbocycles. The van der Waals surface area contributed by atoms with Gasteiger partial charge in [-0.3, -0.25) is 0 Å². The van der Waals surface area contributed by atoms with E-state index in [1.165, 1.54) is 36.8 Å². The van der Waals surface area contributed by atoms with Gasteiger partial charge < -0.3 is 9.47 Å². The van der Waals surface area contributed by atoms with Crippen molar-refractivity contribution in [2.75, 3.05) is 13.2 Å². The van der Waals surface area contributed by atoms with Crippen molar-refractivity contribution in [2.45, 2.75) is 86.0 Å². The number of rotatable bonds is 14. The van der Waals surface area contributed by atoms with Gasteiger partial charge in [-0.25, -0.2) is 0 Å². The topological polar surface area (TPSA) is 18.5 Å². The zero-order valence-electron chi connectivity index (χ0n) is 15.6. The Labute approximate surface area is 139 Å². The van der Waals surface area contributed by atoms with Crippen molar-refractivity contribution in [2.24, 2.45) is 5.92 Å². The fraction of sp³-hybridized carbons (Fsp3) is 0.800. The molecule has 0 aromatic rings. The molecule has 0 aromatic heterocycles. The van der Waals surface area contributed by atoms with Gasteiger partial charge in [-0.05, 0) is 49.7 Å². The van der Waals surface area contributed by atoms with E-state index in [-0.39, 0.29) is 0 Å². The Morgan fingerprint density at radius 1 is 0.773 bits per heavy atom. The van der Waals surface area contributed by atoms with Crippen molar-refractivity contribution >= 4 is 0 Å². The molecular weight excluding hydrogens is 272 g/mol. The third-order valence-corrected chi connectivity index (χ3v) is 3.87. The summed E-state index contributed by atoms with van der Waals surface area (Å²) in [6.07, 6.45) is 13.4. The van der Waals surface area contributed by atoms with Crippen LogP contribution in [0.5, 0.6) is 0 Å². The van der Waals surface area contributed by atoms with Crippen LogP contribution in [0.3, 0.4) is 0 Å². The first-order valence-corrected chi connectivity index (χ1v) is 9.26. The molecule has 0 aromatic carbocycles. The highest BCUT2D eigenvalue weighted by molar-refractivity contribution is 4.97. The van der Waals surface area contributed by atoms with Crippen LogP contribution in [-0.2, 0) is 9.47 Å². The van der Waals surface area contributed by atoms with Crippen LogP contribution in [0, 0.1) is 5.92 Å². The molecule has 0 unspecified atom stereocenters. The molecule has 0 fully saturated rings. The van der Waals surface area contributed by atoms with Crippen LogP contribution >= 0.6 is 0 Å². The van der Waals surface area contributed by atoms with E-state index in [1.54, 1.807) is 0 Å². The predicted molar refractivity (Wildman–Crippen MR) is 96.9 cm³/mol. The van der Waals surface area contributed by atoms with Crippen molar-refractivity contribution < 1.29 is 9.47 Å². The van der Waals surface area contributed by atoms with Crippen LogP contribution in [0.2, 0.25) is 0 Å². The molecule has 0 atom stereocenters.